The van der Waals surface area contributed by atoms with Crippen molar-refractivity contribution >= 4 is 17.9 Å². The van der Waals surface area contributed by atoms with Crippen molar-refractivity contribution in [3.05, 3.63) is 134 Å². The van der Waals surface area contributed by atoms with Gasteiger partial charge in [-0.25, -0.2) is 0 Å². The van der Waals surface area contributed by atoms with E-state index < -0.39 is 6.10 Å². The molecular formula is C58H90O6. The van der Waals surface area contributed by atoms with Gasteiger partial charge in [0.25, 0.3) is 0 Å². The average molecular weight is 883 g/mol. The van der Waals surface area contributed by atoms with Gasteiger partial charge in [-0.15, -0.1) is 0 Å². The Bertz CT molecular complexity index is 1430. The summed E-state index contributed by atoms with van der Waals surface area (Å²) in [5, 5.41) is 0. The smallest absolute Gasteiger partial charge is 0.306 e. The van der Waals surface area contributed by atoms with Crippen LogP contribution in [-0.4, -0.2) is 37.2 Å². The summed E-state index contributed by atoms with van der Waals surface area (Å²) in [6, 6.07) is 0. The van der Waals surface area contributed by atoms with Gasteiger partial charge < -0.3 is 14.2 Å². The third-order valence-electron chi connectivity index (χ3n) is 9.88. The van der Waals surface area contributed by atoms with Crippen molar-refractivity contribution in [1.82, 2.24) is 0 Å². The number of unbranched alkanes of at least 4 members (excludes halogenated alkanes) is 10. The highest BCUT2D eigenvalue weighted by Crippen LogP contribution is 2.12. The van der Waals surface area contributed by atoms with Crippen LogP contribution in [0, 0.1) is 0 Å². The Morgan fingerprint density at radius 3 is 0.953 bits per heavy atom. The van der Waals surface area contributed by atoms with Crippen molar-refractivity contribution in [1.29, 1.82) is 0 Å². The highest BCUT2D eigenvalue weighted by Gasteiger charge is 2.19. The summed E-state index contributed by atoms with van der Waals surface area (Å²) < 4.78 is 16.7. The van der Waals surface area contributed by atoms with Crippen LogP contribution in [0.15, 0.2) is 134 Å². The van der Waals surface area contributed by atoms with E-state index >= 15 is 0 Å². The number of hydrogen-bond donors (Lipinski definition) is 0. The monoisotopic (exact) mass is 883 g/mol. The largest absolute Gasteiger partial charge is 0.462 e. The Labute approximate surface area is 392 Å². The minimum atomic E-state index is -0.823. The first-order chi connectivity index (χ1) is 31.5. The van der Waals surface area contributed by atoms with Crippen LogP contribution in [0.3, 0.4) is 0 Å². The lowest BCUT2D eigenvalue weighted by Crippen LogP contribution is -2.30. The molecule has 0 rings (SSSR count). The maximum absolute atomic E-state index is 12.8. The van der Waals surface area contributed by atoms with Crippen molar-refractivity contribution in [2.45, 2.75) is 200 Å². The van der Waals surface area contributed by atoms with Gasteiger partial charge in [0.05, 0.1) is 0 Å². The van der Waals surface area contributed by atoms with Crippen LogP contribution in [0.25, 0.3) is 0 Å². The average Bonchev–Trinajstić information content (AvgIpc) is 3.29. The fraction of sp³-hybridized carbons (Fsp3) is 0.569. The molecule has 64 heavy (non-hydrogen) atoms. The minimum absolute atomic E-state index is 0.122. The maximum Gasteiger partial charge on any atom is 0.306 e. The van der Waals surface area contributed by atoms with Gasteiger partial charge in [-0.1, -0.05) is 187 Å². The Balaban J connectivity index is 4.52. The Kier molecular flexibility index (Phi) is 47.6. The normalized spacial score (nSPS) is 13.2. The lowest BCUT2D eigenvalue weighted by Gasteiger charge is -2.18. The molecule has 0 aliphatic carbocycles. The summed E-state index contributed by atoms with van der Waals surface area (Å²) in [5.74, 6) is -1.03. The molecule has 0 aromatic carbocycles. The van der Waals surface area contributed by atoms with Crippen LogP contribution in [-0.2, 0) is 28.6 Å². The summed E-state index contributed by atoms with van der Waals surface area (Å²) in [6.07, 6.45) is 71.6. The van der Waals surface area contributed by atoms with Gasteiger partial charge in [-0.2, -0.15) is 0 Å². The van der Waals surface area contributed by atoms with Gasteiger partial charge in [0.1, 0.15) is 13.2 Å². The van der Waals surface area contributed by atoms with Gasteiger partial charge in [0.2, 0.25) is 0 Å². The van der Waals surface area contributed by atoms with E-state index in [9.17, 15) is 14.4 Å². The van der Waals surface area contributed by atoms with Gasteiger partial charge in [-0.05, 0) is 122 Å². The van der Waals surface area contributed by atoms with Crippen molar-refractivity contribution < 1.29 is 28.6 Å². The molecule has 0 saturated carbocycles. The van der Waals surface area contributed by atoms with Crippen molar-refractivity contribution in [3.63, 3.8) is 0 Å². The predicted octanol–water partition coefficient (Wildman–Crippen LogP) is 16.7. The van der Waals surface area contributed by atoms with Crippen LogP contribution in [0.4, 0.5) is 0 Å². The molecule has 0 radical (unpaired) electrons. The van der Waals surface area contributed by atoms with Crippen LogP contribution in [0.1, 0.15) is 194 Å². The summed E-state index contributed by atoms with van der Waals surface area (Å²) in [5.41, 5.74) is 0. The van der Waals surface area contributed by atoms with Gasteiger partial charge >= 0.3 is 17.9 Å². The van der Waals surface area contributed by atoms with Crippen molar-refractivity contribution in [2.75, 3.05) is 13.2 Å². The van der Waals surface area contributed by atoms with Crippen LogP contribution in [0.2, 0.25) is 0 Å². The highest BCUT2D eigenvalue weighted by atomic mass is 16.6. The molecule has 0 aliphatic heterocycles. The molecule has 0 spiro atoms. The molecule has 0 amide bonds. The van der Waals surface area contributed by atoms with E-state index in [1.807, 2.05) is 0 Å². The second-order valence-corrected chi connectivity index (χ2v) is 15.9. The number of carbonyl (C=O) groups is 3. The fourth-order valence-electron chi connectivity index (χ4n) is 6.21. The zero-order chi connectivity index (χ0) is 46.5. The zero-order valence-electron chi connectivity index (χ0n) is 40.7. The van der Waals surface area contributed by atoms with E-state index in [1.165, 1.54) is 12.8 Å². The zero-order valence-corrected chi connectivity index (χ0v) is 40.7. The van der Waals surface area contributed by atoms with E-state index in [0.29, 0.717) is 12.8 Å². The molecule has 0 N–H and O–H groups in total. The number of ether oxygens (including phenoxy) is 3. The number of allylic oxidation sites excluding steroid dienone is 22. The molecule has 0 aliphatic rings. The third kappa shape index (κ3) is 48.6. The molecule has 0 saturated heterocycles. The van der Waals surface area contributed by atoms with Gasteiger partial charge in [-0.3, -0.25) is 14.4 Å². The van der Waals surface area contributed by atoms with E-state index in [4.69, 9.17) is 14.2 Å². The lowest BCUT2D eigenvalue weighted by atomic mass is 10.1. The Hall–Kier alpha value is -4.45. The third-order valence-corrected chi connectivity index (χ3v) is 9.88. The summed E-state index contributed by atoms with van der Waals surface area (Å²) >= 11 is 0. The molecule has 1 atom stereocenters. The first kappa shape index (κ1) is 59.5. The van der Waals surface area contributed by atoms with E-state index in [0.717, 1.165) is 135 Å². The summed E-state index contributed by atoms with van der Waals surface area (Å²) in [7, 11) is 0. The number of carbonyl (C=O) groups excluding carboxylic acids is 3. The van der Waals surface area contributed by atoms with Gasteiger partial charge in [0.15, 0.2) is 6.10 Å². The molecule has 0 aromatic rings. The highest BCUT2D eigenvalue weighted by molar-refractivity contribution is 5.71. The molecule has 6 nitrogen and oxygen atoms in total. The van der Waals surface area contributed by atoms with E-state index in [-0.39, 0.29) is 44.0 Å². The first-order valence-electron chi connectivity index (χ1n) is 25.2. The standard InChI is InChI=1S/C58H90O6/c1-4-7-10-13-16-19-22-24-26-28-29-30-32-33-36-39-42-45-48-51-57(60)63-54-55(53-62-56(59)50-47-44-41-38-35-21-18-15-12-9-6-3)64-58(61)52-49-46-43-40-37-34-31-27-25-23-20-17-14-11-8-5-2/h7-12,16-21,24-27,29-30,33,36,38,41,55H,4-6,13-15,22-23,28,31-32,34-35,37,39-40,42-54H2,1-3H3/b10-7-,11-8-,12-9-,19-16-,20-17-,21-18-,26-24-,27-25-,30-29-,36-33-,41-38-. The molecule has 6 heteroatoms. The first-order valence-corrected chi connectivity index (χ1v) is 25.2. The second kappa shape index (κ2) is 51.2. The lowest BCUT2D eigenvalue weighted by molar-refractivity contribution is -0.167. The molecule has 0 aromatic heterocycles. The summed E-state index contributed by atoms with van der Waals surface area (Å²) in [6.45, 7) is 6.18. The number of rotatable bonds is 43. The predicted molar refractivity (Wildman–Crippen MR) is 274 cm³/mol. The quantitative estimate of drug-likeness (QED) is 0.0263. The summed E-state index contributed by atoms with van der Waals surface area (Å²) in [4.78, 5) is 37.9. The molecular weight excluding hydrogens is 793 g/mol. The van der Waals surface area contributed by atoms with Crippen LogP contribution in [0.5, 0.6) is 0 Å². The molecule has 0 heterocycles. The Morgan fingerprint density at radius 2 is 0.578 bits per heavy atom. The van der Waals surface area contributed by atoms with Crippen molar-refractivity contribution in [2.24, 2.45) is 0 Å². The van der Waals surface area contributed by atoms with Gasteiger partial charge in [0, 0.05) is 19.3 Å². The number of esters is 3. The molecule has 358 valence electrons. The van der Waals surface area contributed by atoms with E-state index in [1.54, 1.807) is 0 Å². The van der Waals surface area contributed by atoms with E-state index in [2.05, 4.69) is 154 Å². The second-order valence-electron chi connectivity index (χ2n) is 15.9. The number of hydrogen-bond acceptors (Lipinski definition) is 6. The topological polar surface area (TPSA) is 78.9 Å². The SMILES string of the molecule is CC/C=C\C/C=C\C/C=C\C/C=C\C/C=C\CCCCCC(=O)OCC(COC(=O)CCC/C=C\C/C=C\C/C=C\CC)OC(=O)CCCCCCCC/C=C\C/C=C\C/C=C\CC. The molecule has 0 bridgehead atoms. The van der Waals surface area contributed by atoms with Crippen LogP contribution < -0.4 is 0 Å². The molecule has 1 unspecified atom stereocenters. The minimum Gasteiger partial charge on any atom is -0.462 e. The Morgan fingerprint density at radius 1 is 0.312 bits per heavy atom. The maximum atomic E-state index is 12.8. The molecule has 0 fully saturated rings. The van der Waals surface area contributed by atoms with Crippen LogP contribution >= 0.6 is 0 Å². The fourth-order valence-corrected chi connectivity index (χ4v) is 6.21. The van der Waals surface area contributed by atoms with Crippen molar-refractivity contribution in [3.8, 4) is 0 Å².